The van der Waals surface area contributed by atoms with Crippen LogP contribution in [0.4, 0.5) is 17.2 Å². The van der Waals surface area contributed by atoms with Gasteiger partial charge in [-0.25, -0.2) is 0 Å². The van der Waals surface area contributed by atoms with Gasteiger partial charge < -0.3 is 9.30 Å². The summed E-state index contributed by atoms with van der Waals surface area (Å²) in [6.07, 6.45) is 6.46. The van der Waals surface area contributed by atoms with Crippen molar-refractivity contribution in [1.29, 1.82) is 0 Å². The molecule has 1 saturated carbocycles. The van der Waals surface area contributed by atoms with Crippen LogP contribution in [0, 0.1) is 0 Å². The van der Waals surface area contributed by atoms with Crippen molar-refractivity contribution in [3.63, 3.8) is 0 Å². The number of nitrogens with zero attached hydrogens (tertiary/aromatic N) is 4. The van der Waals surface area contributed by atoms with E-state index < -0.39 is 5.66 Å². The Bertz CT molecular complexity index is 2730. The van der Waals surface area contributed by atoms with E-state index in [9.17, 15) is 0 Å². The first kappa shape index (κ1) is 25.6. The van der Waals surface area contributed by atoms with Crippen LogP contribution in [-0.4, -0.2) is 4.57 Å². The first-order chi connectivity index (χ1) is 24.1. The Morgan fingerprint density at radius 1 is 0.673 bits per heavy atom. The second kappa shape index (κ2) is 8.06. The van der Waals surface area contributed by atoms with E-state index in [1.165, 1.54) is 116 Å². The molecular weight excluding hydrogens is 601 g/mol. The summed E-state index contributed by atoms with van der Waals surface area (Å²) in [7, 11) is 0. The Kier molecular flexibility index (Phi) is 4.21. The van der Waals surface area contributed by atoms with E-state index in [4.69, 9.17) is 4.74 Å². The number of hydrogen-bond acceptors (Lipinski definition) is 2. The molecule has 4 aromatic carbocycles. The Labute approximate surface area is 284 Å². The fourth-order valence-electron chi connectivity index (χ4n) is 11.1. The Morgan fingerprint density at radius 2 is 1.49 bits per heavy atom. The molecule has 1 unspecified atom stereocenters. The Hall–Kier alpha value is -5.42. The van der Waals surface area contributed by atoms with Crippen LogP contribution >= 0.6 is 0 Å². The van der Waals surface area contributed by atoms with Crippen LogP contribution in [0.25, 0.3) is 38.9 Å². The fraction of sp³-hybridized carbons (Fsp3) is 0.227. The van der Waals surface area contributed by atoms with E-state index in [2.05, 4.69) is 136 Å². The predicted octanol–water partition coefficient (Wildman–Crippen LogP) is 9.53. The first-order valence-electron chi connectivity index (χ1n) is 18.1. The third-order valence-corrected chi connectivity index (χ3v) is 13.1. The van der Waals surface area contributed by atoms with Gasteiger partial charge in [-0.1, -0.05) is 75.6 Å². The molecule has 0 radical (unpaired) electrons. The molecule has 3 aromatic heterocycles. The molecule has 8 heterocycles. The van der Waals surface area contributed by atoms with Crippen LogP contribution in [0.15, 0.2) is 103 Å². The van der Waals surface area contributed by atoms with Crippen LogP contribution in [0.3, 0.4) is 0 Å². The zero-order valence-electron chi connectivity index (χ0n) is 27.6. The molecule has 1 aliphatic carbocycles. The summed E-state index contributed by atoms with van der Waals surface area (Å²) in [6, 6.07) is 39.3. The van der Waals surface area contributed by atoms with Gasteiger partial charge in [0.15, 0.2) is 11.4 Å². The third-order valence-electron chi connectivity index (χ3n) is 13.1. The highest BCUT2D eigenvalue weighted by Gasteiger charge is 2.73. The van der Waals surface area contributed by atoms with Gasteiger partial charge in [0.05, 0.1) is 28.4 Å². The van der Waals surface area contributed by atoms with Crippen LogP contribution in [-0.2, 0) is 11.1 Å². The summed E-state index contributed by atoms with van der Waals surface area (Å²) in [5, 5.41) is 2.56. The van der Waals surface area contributed by atoms with Crippen molar-refractivity contribution in [3.05, 3.63) is 131 Å². The average molecular weight is 635 g/mol. The molecule has 1 spiro atoms. The number of benzene rings is 4. The minimum Gasteiger partial charge on any atom is -0.404 e. The zero-order valence-corrected chi connectivity index (χ0v) is 27.6. The monoisotopic (exact) mass is 634 g/mol. The number of anilines is 3. The van der Waals surface area contributed by atoms with Crippen molar-refractivity contribution in [3.8, 4) is 28.7 Å². The van der Waals surface area contributed by atoms with Gasteiger partial charge in [0.1, 0.15) is 16.8 Å². The number of hydrogen-bond donors (Lipinski definition) is 0. The second-order valence-electron chi connectivity index (χ2n) is 15.6. The van der Waals surface area contributed by atoms with E-state index in [1.54, 1.807) is 0 Å². The summed E-state index contributed by atoms with van der Waals surface area (Å²) in [6.45, 7) is 4.81. The number of aromatic nitrogens is 3. The van der Waals surface area contributed by atoms with E-state index in [-0.39, 0.29) is 5.41 Å². The molecule has 7 aromatic rings. The lowest BCUT2D eigenvalue weighted by atomic mass is 9.72. The molecule has 6 aliphatic rings. The van der Waals surface area contributed by atoms with Crippen LogP contribution < -0.4 is 18.8 Å². The highest BCUT2D eigenvalue weighted by molar-refractivity contribution is 6.12. The van der Waals surface area contributed by atoms with Gasteiger partial charge in [-0.15, -0.1) is 9.13 Å². The lowest BCUT2D eigenvalue weighted by molar-refractivity contribution is -0.936. The second-order valence-corrected chi connectivity index (χ2v) is 15.6. The maximum absolute atomic E-state index is 7.18. The number of fused-ring (bicyclic) bond motifs is 8. The van der Waals surface area contributed by atoms with Gasteiger partial charge >= 0.3 is 11.5 Å². The van der Waals surface area contributed by atoms with E-state index >= 15 is 0 Å². The van der Waals surface area contributed by atoms with Crippen LogP contribution in [0.5, 0.6) is 11.6 Å². The average Bonchev–Trinajstić information content (AvgIpc) is 3.64. The normalized spacial score (nSPS) is 20.7. The van der Waals surface area contributed by atoms with Crippen molar-refractivity contribution >= 4 is 39.0 Å². The van der Waals surface area contributed by atoms with Gasteiger partial charge in [0, 0.05) is 27.8 Å². The van der Waals surface area contributed by atoms with Gasteiger partial charge in [-0.05, 0) is 72.9 Å². The van der Waals surface area contributed by atoms with Gasteiger partial charge in [0.2, 0.25) is 5.69 Å². The minimum absolute atomic E-state index is 0.185. The van der Waals surface area contributed by atoms with Crippen LogP contribution in [0.2, 0.25) is 0 Å². The molecule has 5 aliphatic heterocycles. The predicted molar refractivity (Wildman–Crippen MR) is 191 cm³/mol. The fourth-order valence-corrected chi connectivity index (χ4v) is 11.1. The smallest absolute Gasteiger partial charge is 0.378 e. The number of para-hydroxylation sites is 2. The summed E-state index contributed by atoms with van der Waals surface area (Å²) < 4.78 is 15.0. The molecule has 49 heavy (non-hydrogen) atoms. The molecule has 5 nitrogen and oxygen atoms in total. The molecule has 0 saturated heterocycles. The van der Waals surface area contributed by atoms with E-state index in [0.717, 1.165) is 11.6 Å². The van der Waals surface area contributed by atoms with E-state index in [1.807, 2.05) is 0 Å². The molecule has 0 amide bonds. The quantitative estimate of drug-likeness (QED) is 0.168. The molecule has 0 bridgehead atoms. The van der Waals surface area contributed by atoms with Gasteiger partial charge in [-0.2, -0.15) is 4.90 Å². The molecule has 1 fully saturated rings. The third kappa shape index (κ3) is 2.59. The Morgan fingerprint density at radius 3 is 2.41 bits per heavy atom. The van der Waals surface area contributed by atoms with Gasteiger partial charge in [0.25, 0.3) is 11.5 Å². The molecule has 0 N–H and O–H groups in total. The molecule has 13 rings (SSSR count). The van der Waals surface area contributed by atoms with Crippen LogP contribution in [0.1, 0.15) is 79.7 Å². The minimum atomic E-state index is -0.640. The van der Waals surface area contributed by atoms with Crippen molar-refractivity contribution in [2.75, 3.05) is 4.90 Å². The van der Waals surface area contributed by atoms with Gasteiger partial charge in [-0.3, -0.25) is 0 Å². The largest absolute Gasteiger partial charge is 0.404 e. The van der Waals surface area contributed by atoms with Crippen molar-refractivity contribution < 1.29 is 13.9 Å². The summed E-state index contributed by atoms with van der Waals surface area (Å²) in [5.41, 5.74) is 14.6. The number of ether oxygens (including phenoxy) is 1. The van der Waals surface area contributed by atoms with Crippen molar-refractivity contribution in [1.82, 2.24) is 4.57 Å². The maximum Gasteiger partial charge on any atom is 0.378 e. The lowest BCUT2D eigenvalue weighted by Crippen LogP contribution is -2.76. The topological polar surface area (TPSA) is 25.2 Å². The van der Waals surface area contributed by atoms with E-state index in [0.29, 0.717) is 5.92 Å². The summed E-state index contributed by atoms with van der Waals surface area (Å²) in [5.74, 6) is 3.76. The SMILES string of the molecule is CC1(C)c2ccccc2N2c3cccc4c3C35c6c(ccc7c8ccccc8n-4c67)Oc4cc(C6CCCCC6)cc([n+]43)-c3ccc1c2[n+]35. The maximum atomic E-state index is 7.18. The summed E-state index contributed by atoms with van der Waals surface area (Å²) in [4.78, 5) is 2.59. The summed E-state index contributed by atoms with van der Waals surface area (Å²) >= 11 is 0. The standard InChI is InChI=1S/C44H34N4O/c1-43(2)29-14-7-9-16-32(29)46-35-18-10-17-34-39(35)44-40-37(22-19-28-27-13-6-8-15-31(27)45(34)41(28)40)49-38-24-26(25-11-4-3-5-12-25)23-36(47(38)44)33-21-20-30(43)42(46)48(33)44/h6-10,13-25H,3-5,11-12H2,1-2H3/q+2. The lowest BCUT2D eigenvalue weighted by Gasteiger charge is -2.44. The highest BCUT2D eigenvalue weighted by Crippen LogP contribution is 2.62. The molecule has 5 heteroatoms. The molecular formula is C44H34N4O+2. The van der Waals surface area contributed by atoms with Crippen molar-refractivity contribution in [2.24, 2.45) is 0 Å². The first-order valence-corrected chi connectivity index (χ1v) is 18.1. The number of pyridine rings is 2. The highest BCUT2D eigenvalue weighted by atomic mass is 16.5. The number of rotatable bonds is 1. The zero-order chi connectivity index (χ0) is 32.0. The Balaban J connectivity index is 1.29. The molecule has 234 valence electrons. The van der Waals surface area contributed by atoms with Crippen molar-refractivity contribution in [2.45, 2.75) is 62.9 Å². The molecule has 1 atom stereocenters.